The van der Waals surface area contributed by atoms with Gasteiger partial charge in [-0.15, -0.1) is 4.40 Å². The zero-order valence-electron chi connectivity index (χ0n) is 23.4. The zero-order valence-corrected chi connectivity index (χ0v) is 24.2. The predicted molar refractivity (Wildman–Crippen MR) is 157 cm³/mol. The summed E-state index contributed by atoms with van der Waals surface area (Å²) in [6.07, 6.45) is 1.03. The van der Waals surface area contributed by atoms with Crippen molar-refractivity contribution in [2.45, 2.75) is 26.8 Å². The van der Waals surface area contributed by atoms with Crippen LogP contribution in [0.3, 0.4) is 0 Å². The number of nitrogens with zero attached hydrogens (tertiary/aromatic N) is 4. The average molecular weight is 564 g/mol. The van der Waals surface area contributed by atoms with Crippen LogP contribution < -0.4 is 10.1 Å². The van der Waals surface area contributed by atoms with E-state index in [0.29, 0.717) is 18.0 Å². The highest BCUT2D eigenvalue weighted by Crippen LogP contribution is 2.31. The van der Waals surface area contributed by atoms with Crippen molar-refractivity contribution in [3.8, 4) is 16.9 Å². The first-order valence-corrected chi connectivity index (χ1v) is 14.5. The molecule has 0 aliphatic rings. The number of fused-ring (bicyclic) bond motifs is 1. The Hall–Kier alpha value is -4.38. The van der Waals surface area contributed by atoms with Gasteiger partial charge < -0.3 is 24.3 Å². The van der Waals surface area contributed by atoms with E-state index in [9.17, 15) is 13.2 Å². The molecule has 0 radical (unpaired) electrons. The molecular formula is C29H33N5O5S. The maximum absolute atomic E-state index is 11.8. The Labute approximate surface area is 234 Å². The molecule has 0 aliphatic heterocycles. The lowest BCUT2D eigenvalue weighted by Gasteiger charge is -2.18. The lowest BCUT2D eigenvalue weighted by Crippen LogP contribution is -2.30. The average Bonchev–Trinajstić information content (AvgIpc) is 3.26. The number of methoxy groups -OCH3 is 1. The van der Waals surface area contributed by atoms with E-state index in [4.69, 9.17) is 9.72 Å². The molecule has 1 aromatic heterocycles. The number of rotatable bonds is 7. The van der Waals surface area contributed by atoms with E-state index in [1.807, 2.05) is 55.5 Å². The maximum Gasteiger partial charge on any atom is 0.513 e. The second-order valence-corrected chi connectivity index (χ2v) is 11.2. The van der Waals surface area contributed by atoms with Gasteiger partial charge in [-0.3, -0.25) is 0 Å². The van der Waals surface area contributed by atoms with E-state index in [-0.39, 0.29) is 5.96 Å². The molecule has 40 heavy (non-hydrogen) atoms. The number of imidazole rings is 1. The normalized spacial score (nSPS) is 11.9. The van der Waals surface area contributed by atoms with Crippen LogP contribution in [-0.2, 0) is 27.7 Å². The van der Waals surface area contributed by atoms with E-state index < -0.39 is 16.2 Å². The van der Waals surface area contributed by atoms with Gasteiger partial charge in [0.2, 0.25) is 5.96 Å². The number of hydrogen-bond acceptors (Lipinski definition) is 6. The quantitative estimate of drug-likeness (QED) is 0.144. The predicted octanol–water partition coefficient (Wildman–Crippen LogP) is 5.06. The lowest BCUT2D eigenvalue weighted by molar-refractivity contribution is 0.121. The van der Waals surface area contributed by atoms with Gasteiger partial charge in [0, 0.05) is 38.3 Å². The fourth-order valence-electron chi connectivity index (χ4n) is 4.36. The molecule has 210 valence electrons. The van der Waals surface area contributed by atoms with Gasteiger partial charge in [-0.05, 0) is 41.8 Å². The Morgan fingerprint density at radius 2 is 1.80 bits per heavy atom. The minimum atomic E-state index is -3.59. The van der Waals surface area contributed by atoms with Crippen molar-refractivity contribution in [3.63, 3.8) is 0 Å². The van der Waals surface area contributed by atoms with Crippen LogP contribution in [0.1, 0.15) is 23.9 Å². The van der Waals surface area contributed by atoms with Crippen LogP contribution >= 0.6 is 0 Å². The standard InChI is InChI=1S/C29H33N5O5S/c1-7-26-31-27-19(2)16-22(30-28(33(3)4)32-40(6,36)37)17-24(27)34(26)18-20-12-14-21(15-13-20)23-10-8-9-11-25(23)39-29(35)38-5/h8-17H,7,18H2,1-6H3,(H,30,32). The van der Waals surface area contributed by atoms with Crippen molar-refractivity contribution < 1.29 is 22.7 Å². The Morgan fingerprint density at radius 3 is 2.42 bits per heavy atom. The van der Waals surface area contributed by atoms with Gasteiger partial charge in [0.15, 0.2) is 0 Å². The van der Waals surface area contributed by atoms with Gasteiger partial charge in [-0.2, -0.15) is 0 Å². The highest BCUT2D eigenvalue weighted by molar-refractivity contribution is 7.89. The molecule has 1 heterocycles. The first-order valence-electron chi connectivity index (χ1n) is 12.7. The first kappa shape index (κ1) is 28.6. The molecular weight excluding hydrogens is 530 g/mol. The summed E-state index contributed by atoms with van der Waals surface area (Å²) in [5.41, 5.74) is 6.23. The van der Waals surface area contributed by atoms with Gasteiger partial charge in [0.1, 0.15) is 11.6 Å². The lowest BCUT2D eigenvalue weighted by atomic mass is 10.0. The number of aromatic nitrogens is 2. The van der Waals surface area contributed by atoms with Crippen molar-refractivity contribution in [3.05, 3.63) is 77.6 Å². The summed E-state index contributed by atoms with van der Waals surface area (Å²) in [6, 6.07) is 19.2. The van der Waals surface area contributed by atoms with Crippen LogP contribution in [0.5, 0.6) is 5.75 Å². The van der Waals surface area contributed by atoms with Crippen LogP contribution in [-0.4, -0.2) is 62.4 Å². The fourth-order valence-corrected chi connectivity index (χ4v) is 4.88. The summed E-state index contributed by atoms with van der Waals surface area (Å²) < 4.78 is 39.6. The van der Waals surface area contributed by atoms with E-state index >= 15 is 0 Å². The number of carbonyl (C=O) groups excluding carboxylic acids is 1. The van der Waals surface area contributed by atoms with E-state index in [1.165, 1.54) is 7.11 Å². The molecule has 10 nitrogen and oxygen atoms in total. The third-order valence-corrected chi connectivity index (χ3v) is 6.73. The monoisotopic (exact) mass is 563 g/mol. The molecule has 0 bridgehead atoms. The summed E-state index contributed by atoms with van der Waals surface area (Å²) in [5.74, 6) is 1.58. The minimum absolute atomic E-state index is 0.218. The second-order valence-electron chi connectivity index (χ2n) is 9.55. The third kappa shape index (κ3) is 6.60. The minimum Gasteiger partial charge on any atom is -0.437 e. The first-order chi connectivity index (χ1) is 19.0. The molecule has 11 heteroatoms. The summed E-state index contributed by atoms with van der Waals surface area (Å²) >= 11 is 0. The summed E-state index contributed by atoms with van der Waals surface area (Å²) in [5, 5.41) is 3.15. The number of hydrogen-bond donors (Lipinski definition) is 1. The molecule has 0 saturated carbocycles. The summed E-state index contributed by atoms with van der Waals surface area (Å²) in [4.78, 5) is 18.2. The van der Waals surface area contributed by atoms with Gasteiger partial charge in [-0.1, -0.05) is 49.4 Å². The molecule has 0 saturated heterocycles. The smallest absolute Gasteiger partial charge is 0.437 e. The second kappa shape index (κ2) is 11.8. The number of sulfonamides is 1. The van der Waals surface area contributed by atoms with Crippen molar-refractivity contribution >= 4 is 38.9 Å². The Kier molecular flexibility index (Phi) is 8.43. The number of guanidine groups is 1. The van der Waals surface area contributed by atoms with E-state index in [2.05, 4.69) is 25.9 Å². The molecule has 0 fully saturated rings. The van der Waals surface area contributed by atoms with Crippen molar-refractivity contribution in [1.82, 2.24) is 14.5 Å². The largest absolute Gasteiger partial charge is 0.513 e. The van der Waals surface area contributed by atoms with Gasteiger partial charge in [0.05, 0.1) is 24.4 Å². The number of para-hydroxylation sites is 1. The number of ether oxygens (including phenoxy) is 2. The Bertz CT molecular complexity index is 1680. The molecule has 4 aromatic rings. The number of aryl methyl sites for hydroxylation is 2. The van der Waals surface area contributed by atoms with Crippen LogP contribution in [0.4, 0.5) is 10.5 Å². The molecule has 0 aliphatic carbocycles. The van der Waals surface area contributed by atoms with Crippen LogP contribution in [0.15, 0.2) is 65.1 Å². The maximum atomic E-state index is 11.8. The van der Waals surface area contributed by atoms with Crippen molar-refractivity contribution in [2.75, 3.05) is 32.8 Å². The van der Waals surface area contributed by atoms with Gasteiger partial charge in [0.25, 0.3) is 10.0 Å². The summed E-state index contributed by atoms with van der Waals surface area (Å²) in [7, 11) is 1.14. The zero-order chi connectivity index (χ0) is 29.0. The number of nitrogens with one attached hydrogen (secondary N) is 1. The van der Waals surface area contributed by atoms with Crippen molar-refractivity contribution in [1.29, 1.82) is 0 Å². The van der Waals surface area contributed by atoms with E-state index in [1.54, 1.807) is 31.1 Å². The Morgan fingerprint density at radius 1 is 1.10 bits per heavy atom. The highest BCUT2D eigenvalue weighted by atomic mass is 32.2. The molecule has 4 rings (SSSR count). The number of carbonyl (C=O) groups is 1. The molecule has 0 atom stereocenters. The number of anilines is 1. The topological polar surface area (TPSA) is 115 Å². The van der Waals surface area contributed by atoms with Crippen molar-refractivity contribution in [2.24, 2.45) is 4.40 Å². The third-order valence-electron chi connectivity index (χ3n) is 6.22. The SMILES string of the molecule is CCc1nc2c(C)cc(NC(=NS(C)(=O)=O)N(C)C)cc2n1Cc1ccc(-c2ccccc2OC(=O)OC)cc1. The highest BCUT2D eigenvalue weighted by Gasteiger charge is 2.16. The van der Waals surface area contributed by atoms with Gasteiger partial charge >= 0.3 is 6.16 Å². The summed E-state index contributed by atoms with van der Waals surface area (Å²) in [6.45, 7) is 4.63. The van der Waals surface area contributed by atoms with Crippen LogP contribution in [0.2, 0.25) is 0 Å². The molecule has 1 N–H and O–H groups in total. The molecule has 0 unspecified atom stereocenters. The van der Waals surface area contributed by atoms with E-state index in [0.717, 1.165) is 51.8 Å². The van der Waals surface area contributed by atoms with Gasteiger partial charge in [-0.25, -0.2) is 18.2 Å². The number of benzene rings is 3. The fraction of sp³-hybridized carbons (Fsp3) is 0.276. The van der Waals surface area contributed by atoms with Crippen LogP contribution in [0, 0.1) is 6.92 Å². The Balaban J connectivity index is 1.68. The molecule has 0 spiro atoms. The van der Waals surface area contributed by atoms with Crippen LogP contribution in [0.25, 0.3) is 22.2 Å². The molecule has 3 aromatic carbocycles. The molecule has 0 amide bonds.